The maximum atomic E-state index is 13.6. The van der Waals surface area contributed by atoms with Gasteiger partial charge in [0.2, 0.25) is 0 Å². The summed E-state index contributed by atoms with van der Waals surface area (Å²) < 4.78 is 26.4. The summed E-state index contributed by atoms with van der Waals surface area (Å²) in [7, 11) is 2.05. The van der Waals surface area contributed by atoms with Gasteiger partial charge in [0.25, 0.3) is 0 Å². The van der Waals surface area contributed by atoms with Gasteiger partial charge in [-0.15, -0.1) is 0 Å². The average molecular weight is 255 g/mol. The molecule has 0 aliphatic carbocycles. The third kappa shape index (κ3) is 3.25. The highest BCUT2D eigenvalue weighted by Gasteiger charge is 2.21. The number of nitrogens with two attached hydrogens (primary N) is 1. The number of piperazine rings is 1. The number of benzene rings is 1. The van der Waals surface area contributed by atoms with Crippen molar-refractivity contribution in [1.82, 2.24) is 10.2 Å². The summed E-state index contributed by atoms with van der Waals surface area (Å²) in [5.74, 6) is -1.13. The molecule has 2 atom stereocenters. The van der Waals surface area contributed by atoms with Crippen molar-refractivity contribution in [2.75, 3.05) is 26.7 Å². The SMILES string of the molecule is CN1CCNC(CC(N)c2ccc(F)cc2F)C1. The second kappa shape index (κ2) is 5.73. The molecule has 18 heavy (non-hydrogen) atoms. The molecule has 0 amide bonds. The largest absolute Gasteiger partial charge is 0.324 e. The molecule has 2 unspecified atom stereocenters. The molecule has 1 aliphatic heterocycles. The highest BCUT2D eigenvalue weighted by Crippen LogP contribution is 2.21. The van der Waals surface area contributed by atoms with Gasteiger partial charge in [0.05, 0.1) is 0 Å². The Balaban J connectivity index is 2.00. The van der Waals surface area contributed by atoms with Gasteiger partial charge in [0.15, 0.2) is 0 Å². The lowest BCUT2D eigenvalue weighted by molar-refractivity contribution is 0.225. The van der Waals surface area contributed by atoms with Crippen molar-refractivity contribution in [3.63, 3.8) is 0 Å². The van der Waals surface area contributed by atoms with E-state index in [1.54, 1.807) is 0 Å². The quantitative estimate of drug-likeness (QED) is 0.854. The van der Waals surface area contributed by atoms with Gasteiger partial charge in [-0.1, -0.05) is 6.07 Å². The van der Waals surface area contributed by atoms with Crippen LogP contribution in [0.3, 0.4) is 0 Å². The summed E-state index contributed by atoms with van der Waals surface area (Å²) in [6.45, 7) is 2.83. The molecule has 0 saturated carbocycles. The molecule has 1 aromatic carbocycles. The lowest BCUT2D eigenvalue weighted by Crippen LogP contribution is -2.50. The molecule has 1 fully saturated rings. The van der Waals surface area contributed by atoms with Gasteiger partial charge in [-0.3, -0.25) is 0 Å². The Labute approximate surface area is 106 Å². The Bertz CT molecular complexity index is 411. The zero-order valence-corrected chi connectivity index (χ0v) is 10.5. The highest BCUT2D eigenvalue weighted by molar-refractivity contribution is 5.22. The summed E-state index contributed by atoms with van der Waals surface area (Å²) in [6.07, 6.45) is 0.646. The first-order valence-corrected chi connectivity index (χ1v) is 6.18. The van der Waals surface area contributed by atoms with Crippen LogP contribution >= 0.6 is 0 Å². The molecule has 100 valence electrons. The third-order valence-electron chi connectivity index (χ3n) is 3.36. The predicted molar refractivity (Wildman–Crippen MR) is 67.2 cm³/mol. The van der Waals surface area contributed by atoms with Crippen LogP contribution in [0.5, 0.6) is 0 Å². The number of likely N-dealkylation sites (N-methyl/N-ethyl adjacent to an activating group) is 1. The smallest absolute Gasteiger partial charge is 0.130 e. The minimum Gasteiger partial charge on any atom is -0.324 e. The molecule has 5 heteroatoms. The van der Waals surface area contributed by atoms with E-state index in [0.29, 0.717) is 12.0 Å². The second-order valence-corrected chi connectivity index (χ2v) is 4.92. The lowest BCUT2D eigenvalue weighted by atomic mass is 9.98. The topological polar surface area (TPSA) is 41.3 Å². The first-order valence-electron chi connectivity index (χ1n) is 6.18. The first-order chi connectivity index (χ1) is 8.56. The molecule has 1 saturated heterocycles. The van der Waals surface area contributed by atoms with Crippen LogP contribution in [0.2, 0.25) is 0 Å². The van der Waals surface area contributed by atoms with Gasteiger partial charge in [0, 0.05) is 43.3 Å². The first kappa shape index (κ1) is 13.4. The second-order valence-electron chi connectivity index (χ2n) is 4.92. The fraction of sp³-hybridized carbons (Fsp3) is 0.538. The van der Waals surface area contributed by atoms with Crippen LogP contribution in [0, 0.1) is 11.6 Å². The molecule has 1 heterocycles. The van der Waals surface area contributed by atoms with Crippen molar-refractivity contribution < 1.29 is 8.78 Å². The molecule has 2 rings (SSSR count). The Hall–Kier alpha value is -1.04. The fourth-order valence-electron chi connectivity index (χ4n) is 2.39. The van der Waals surface area contributed by atoms with Crippen molar-refractivity contribution in [3.8, 4) is 0 Å². The molecule has 3 nitrogen and oxygen atoms in total. The highest BCUT2D eigenvalue weighted by atomic mass is 19.1. The maximum Gasteiger partial charge on any atom is 0.130 e. The van der Waals surface area contributed by atoms with E-state index in [9.17, 15) is 8.78 Å². The van der Waals surface area contributed by atoms with E-state index in [1.165, 1.54) is 12.1 Å². The monoisotopic (exact) mass is 255 g/mol. The van der Waals surface area contributed by atoms with Crippen LogP contribution in [-0.4, -0.2) is 37.6 Å². The minimum atomic E-state index is -0.570. The van der Waals surface area contributed by atoms with Crippen molar-refractivity contribution in [2.24, 2.45) is 5.73 Å². The molecule has 1 aliphatic rings. The van der Waals surface area contributed by atoms with E-state index in [2.05, 4.69) is 17.3 Å². The molecule has 0 bridgehead atoms. The molecule has 0 aromatic heterocycles. The van der Waals surface area contributed by atoms with Crippen LogP contribution in [0.15, 0.2) is 18.2 Å². The van der Waals surface area contributed by atoms with E-state index in [1.807, 2.05) is 0 Å². The van der Waals surface area contributed by atoms with E-state index in [-0.39, 0.29) is 6.04 Å². The molecular weight excluding hydrogens is 236 g/mol. The molecule has 3 N–H and O–H groups in total. The summed E-state index contributed by atoms with van der Waals surface area (Å²) in [6, 6.07) is 3.41. The fourth-order valence-corrected chi connectivity index (χ4v) is 2.39. The lowest BCUT2D eigenvalue weighted by Gasteiger charge is -2.32. The van der Waals surface area contributed by atoms with Gasteiger partial charge >= 0.3 is 0 Å². The van der Waals surface area contributed by atoms with Gasteiger partial charge in [-0.05, 0) is 19.5 Å². The van der Waals surface area contributed by atoms with Crippen molar-refractivity contribution >= 4 is 0 Å². The van der Waals surface area contributed by atoms with E-state index in [0.717, 1.165) is 25.7 Å². The molecule has 0 spiro atoms. The molecule has 1 aromatic rings. The number of rotatable bonds is 3. The van der Waals surface area contributed by atoms with Crippen LogP contribution < -0.4 is 11.1 Å². The number of hydrogen-bond acceptors (Lipinski definition) is 3. The summed E-state index contributed by atoms with van der Waals surface area (Å²) in [4.78, 5) is 2.22. The van der Waals surface area contributed by atoms with Gasteiger partial charge < -0.3 is 16.0 Å². The van der Waals surface area contributed by atoms with Gasteiger partial charge in [-0.25, -0.2) is 8.78 Å². The van der Waals surface area contributed by atoms with Crippen LogP contribution in [0.1, 0.15) is 18.0 Å². The Morgan fingerprint density at radius 1 is 1.50 bits per heavy atom. The Kier molecular flexibility index (Phi) is 4.27. The minimum absolute atomic E-state index is 0.253. The standard InChI is InChI=1S/C13H19F2N3/c1-18-5-4-17-10(8-18)7-13(16)11-3-2-9(14)6-12(11)15/h2-3,6,10,13,17H,4-5,7-8,16H2,1H3. The van der Waals surface area contributed by atoms with E-state index >= 15 is 0 Å². The third-order valence-corrected chi connectivity index (χ3v) is 3.36. The number of halogens is 2. The van der Waals surface area contributed by atoms with E-state index in [4.69, 9.17) is 5.73 Å². The number of nitrogens with zero attached hydrogens (tertiary/aromatic N) is 1. The Morgan fingerprint density at radius 3 is 2.94 bits per heavy atom. The van der Waals surface area contributed by atoms with Gasteiger partial charge in [-0.2, -0.15) is 0 Å². The summed E-state index contributed by atoms with van der Waals surface area (Å²) in [5.41, 5.74) is 6.38. The van der Waals surface area contributed by atoms with E-state index < -0.39 is 17.7 Å². The zero-order chi connectivity index (χ0) is 13.1. The van der Waals surface area contributed by atoms with Crippen molar-refractivity contribution in [1.29, 1.82) is 0 Å². The predicted octanol–water partition coefficient (Wildman–Crippen LogP) is 1.26. The Morgan fingerprint density at radius 2 is 2.28 bits per heavy atom. The molecular formula is C13H19F2N3. The summed E-state index contributed by atoms with van der Waals surface area (Å²) in [5, 5.41) is 3.36. The van der Waals surface area contributed by atoms with Crippen LogP contribution in [0.25, 0.3) is 0 Å². The average Bonchev–Trinajstić information content (AvgIpc) is 2.28. The number of nitrogens with one attached hydrogen (secondary N) is 1. The van der Waals surface area contributed by atoms with Crippen LogP contribution in [-0.2, 0) is 0 Å². The van der Waals surface area contributed by atoms with Crippen molar-refractivity contribution in [2.45, 2.75) is 18.5 Å². The normalized spacial score (nSPS) is 23.0. The van der Waals surface area contributed by atoms with Crippen molar-refractivity contribution in [3.05, 3.63) is 35.4 Å². The number of hydrogen-bond donors (Lipinski definition) is 2. The molecule has 0 radical (unpaired) electrons. The summed E-state index contributed by atoms with van der Waals surface area (Å²) >= 11 is 0. The van der Waals surface area contributed by atoms with Crippen LogP contribution in [0.4, 0.5) is 8.78 Å². The zero-order valence-electron chi connectivity index (χ0n) is 10.5. The maximum absolute atomic E-state index is 13.6. The van der Waals surface area contributed by atoms with Gasteiger partial charge in [0.1, 0.15) is 11.6 Å².